The predicted octanol–water partition coefficient (Wildman–Crippen LogP) is 1.63. The molecule has 0 aromatic rings. The first-order chi connectivity index (χ1) is 9.67. The molecule has 0 unspecified atom stereocenters. The normalized spacial score (nSPS) is 13.5. The highest BCUT2D eigenvalue weighted by Gasteiger charge is 2.17. The van der Waals surface area contributed by atoms with Gasteiger partial charge in [-0.05, 0) is 25.7 Å². The maximum absolute atomic E-state index is 11.6. The van der Waals surface area contributed by atoms with Crippen molar-refractivity contribution in [2.24, 2.45) is 5.92 Å². The molecule has 1 amide bonds. The van der Waals surface area contributed by atoms with Crippen LogP contribution in [-0.2, 0) is 14.3 Å². The van der Waals surface area contributed by atoms with Gasteiger partial charge >= 0.3 is 0 Å². The van der Waals surface area contributed by atoms with Crippen LogP contribution in [0, 0.1) is 5.92 Å². The van der Waals surface area contributed by atoms with Gasteiger partial charge in [0.2, 0.25) is 5.91 Å². The van der Waals surface area contributed by atoms with Crippen LogP contribution in [0.4, 0.5) is 0 Å². The minimum Gasteiger partial charge on any atom is -0.396 e. The van der Waals surface area contributed by atoms with Gasteiger partial charge in [0.1, 0.15) is 6.79 Å². The highest BCUT2D eigenvalue weighted by Crippen LogP contribution is 2.12. The van der Waals surface area contributed by atoms with Crippen molar-refractivity contribution in [3.8, 4) is 0 Å². The summed E-state index contributed by atoms with van der Waals surface area (Å²) in [6.45, 7) is 10.3. The molecule has 0 spiro atoms. The highest BCUT2D eigenvalue weighted by atomic mass is 16.7. The van der Waals surface area contributed by atoms with Crippen molar-refractivity contribution in [3.05, 3.63) is 25.3 Å². The lowest BCUT2D eigenvalue weighted by Gasteiger charge is -2.22. The van der Waals surface area contributed by atoms with E-state index in [1.165, 1.54) is 0 Å². The SMILES string of the molecule is C=CCC(=O)N[C@H](COCOCC)C[C@@H](CO)CC=C. The maximum atomic E-state index is 11.6. The molecule has 2 N–H and O–H groups in total. The minimum absolute atomic E-state index is 0.0608. The Kier molecular flexibility index (Phi) is 12.1. The molecule has 0 heterocycles. The van der Waals surface area contributed by atoms with E-state index in [-0.39, 0.29) is 37.7 Å². The zero-order valence-electron chi connectivity index (χ0n) is 12.3. The second-order valence-corrected chi connectivity index (χ2v) is 4.55. The fourth-order valence-electron chi connectivity index (χ4n) is 1.80. The van der Waals surface area contributed by atoms with Crippen LogP contribution < -0.4 is 5.32 Å². The molecule has 0 aliphatic carbocycles. The first kappa shape index (κ1) is 18.8. The molecule has 0 aliphatic heterocycles. The number of hydrogen-bond acceptors (Lipinski definition) is 4. The van der Waals surface area contributed by atoms with Crippen LogP contribution in [0.25, 0.3) is 0 Å². The van der Waals surface area contributed by atoms with Crippen molar-refractivity contribution < 1.29 is 19.4 Å². The molecule has 20 heavy (non-hydrogen) atoms. The number of hydrogen-bond donors (Lipinski definition) is 2. The molecule has 5 heteroatoms. The number of carbonyl (C=O) groups excluding carboxylic acids is 1. The Labute approximate surface area is 121 Å². The highest BCUT2D eigenvalue weighted by molar-refractivity contribution is 5.77. The Bertz CT molecular complexity index is 281. The molecular weight excluding hydrogens is 258 g/mol. The summed E-state index contributed by atoms with van der Waals surface area (Å²) in [5.74, 6) is -0.0301. The average Bonchev–Trinajstić information content (AvgIpc) is 2.43. The first-order valence-electron chi connectivity index (χ1n) is 6.95. The third-order valence-electron chi connectivity index (χ3n) is 2.76. The number of amides is 1. The van der Waals surface area contributed by atoms with E-state index in [4.69, 9.17) is 9.47 Å². The van der Waals surface area contributed by atoms with Gasteiger partial charge in [-0.15, -0.1) is 13.2 Å². The van der Waals surface area contributed by atoms with Gasteiger partial charge in [-0.1, -0.05) is 12.2 Å². The summed E-state index contributed by atoms with van der Waals surface area (Å²) in [7, 11) is 0. The topological polar surface area (TPSA) is 67.8 Å². The lowest BCUT2D eigenvalue weighted by molar-refractivity contribution is -0.122. The van der Waals surface area contributed by atoms with Crippen LogP contribution in [0.15, 0.2) is 25.3 Å². The second-order valence-electron chi connectivity index (χ2n) is 4.55. The third kappa shape index (κ3) is 9.72. The molecule has 0 aliphatic rings. The first-order valence-corrected chi connectivity index (χ1v) is 6.95. The van der Waals surface area contributed by atoms with Gasteiger partial charge in [0, 0.05) is 19.6 Å². The Balaban J connectivity index is 4.31. The summed E-state index contributed by atoms with van der Waals surface area (Å²) >= 11 is 0. The molecule has 0 rings (SSSR count). The third-order valence-corrected chi connectivity index (χ3v) is 2.76. The summed E-state index contributed by atoms with van der Waals surface area (Å²) in [6, 6.07) is -0.153. The number of allylic oxidation sites excluding steroid dienone is 1. The van der Waals surface area contributed by atoms with Gasteiger partial charge < -0.3 is 19.9 Å². The molecule has 0 aromatic carbocycles. The van der Waals surface area contributed by atoms with Crippen LogP contribution in [0.1, 0.15) is 26.2 Å². The van der Waals surface area contributed by atoms with E-state index in [0.717, 1.165) is 0 Å². The number of carbonyl (C=O) groups is 1. The molecule has 2 atom stereocenters. The quantitative estimate of drug-likeness (QED) is 0.307. The molecule has 0 aromatic heterocycles. The van der Waals surface area contributed by atoms with Crippen LogP contribution in [0.3, 0.4) is 0 Å². The fourth-order valence-corrected chi connectivity index (χ4v) is 1.80. The fraction of sp³-hybridized carbons (Fsp3) is 0.667. The molecule has 0 saturated carbocycles. The molecule has 0 saturated heterocycles. The van der Waals surface area contributed by atoms with Gasteiger partial charge in [-0.2, -0.15) is 0 Å². The molecule has 5 nitrogen and oxygen atoms in total. The minimum atomic E-state index is -0.153. The van der Waals surface area contributed by atoms with Gasteiger partial charge in [-0.25, -0.2) is 0 Å². The Morgan fingerprint density at radius 3 is 2.65 bits per heavy atom. The zero-order chi connectivity index (χ0) is 15.2. The van der Waals surface area contributed by atoms with Crippen LogP contribution >= 0.6 is 0 Å². The summed E-state index contributed by atoms with van der Waals surface area (Å²) in [5, 5.41) is 12.2. The lowest BCUT2D eigenvalue weighted by atomic mass is 9.97. The smallest absolute Gasteiger partial charge is 0.224 e. The van der Waals surface area contributed by atoms with Crippen LogP contribution in [0.5, 0.6) is 0 Å². The van der Waals surface area contributed by atoms with E-state index in [2.05, 4.69) is 18.5 Å². The number of nitrogens with one attached hydrogen (secondary N) is 1. The maximum Gasteiger partial charge on any atom is 0.224 e. The summed E-state index contributed by atoms with van der Waals surface area (Å²) < 4.78 is 10.5. The standard InChI is InChI=1S/C15H27NO4/c1-4-7-13(10-17)9-14(11-20-12-19-6-3)16-15(18)8-5-2/h4-5,13-14,17H,1-2,6-12H2,3H3,(H,16,18)/t13-,14-/m0/s1. The van der Waals surface area contributed by atoms with E-state index in [0.29, 0.717) is 26.1 Å². The predicted molar refractivity (Wildman–Crippen MR) is 79.2 cm³/mol. The van der Waals surface area contributed by atoms with Crippen LogP contribution in [0.2, 0.25) is 0 Å². The monoisotopic (exact) mass is 285 g/mol. The Hall–Kier alpha value is -1.17. The zero-order valence-corrected chi connectivity index (χ0v) is 12.3. The molecule has 116 valence electrons. The van der Waals surface area contributed by atoms with Gasteiger partial charge in [0.05, 0.1) is 12.6 Å². The number of rotatable bonds is 13. The van der Waals surface area contributed by atoms with E-state index in [1.54, 1.807) is 12.2 Å². The van der Waals surface area contributed by atoms with Gasteiger partial charge in [0.25, 0.3) is 0 Å². The Morgan fingerprint density at radius 1 is 1.35 bits per heavy atom. The van der Waals surface area contributed by atoms with E-state index in [1.807, 2.05) is 6.92 Å². The van der Waals surface area contributed by atoms with Crippen molar-refractivity contribution >= 4 is 5.91 Å². The van der Waals surface area contributed by atoms with Crippen molar-refractivity contribution in [2.45, 2.75) is 32.2 Å². The van der Waals surface area contributed by atoms with E-state index >= 15 is 0 Å². The number of ether oxygens (including phenoxy) is 2. The van der Waals surface area contributed by atoms with E-state index < -0.39 is 0 Å². The van der Waals surface area contributed by atoms with Crippen molar-refractivity contribution in [1.82, 2.24) is 5.32 Å². The summed E-state index contributed by atoms with van der Waals surface area (Å²) in [4.78, 5) is 11.6. The van der Waals surface area contributed by atoms with E-state index in [9.17, 15) is 9.90 Å². The summed E-state index contributed by atoms with van der Waals surface area (Å²) in [6.07, 6.45) is 4.94. The lowest BCUT2D eigenvalue weighted by Crippen LogP contribution is -2.40. The number of aliphatic hydroxyl groups is 1. The van der Waals surface area contributed by atoms with Crippen molar-refractivity contribution in [1.29, 1.82) is 0 Å². The van der Waals surface area contributed by atoms with Crippen molar-refractivity contribution in [3.63, 3.8) is 0 Å². The molecule has 0 radical (unpaired) electrons. The molecule has 0 fully saturated rings. The molecular formula is C15H27NO4. The summed E-state index contributed by atoms with van der Waals surface area (Å²) in [5.41, 5.74) is 0. The van der Waals surface area contributed by atoms with Crippen LogP contribution in [-0.4, -0.2) is 43.7 Å². The Morgan fingerprint density at radius 2 is 2.10 bits per heavy atom. The van der Waals surface area contributed by atoms with Gasteiger partial charge in [0.15, 0.2) is 0 Å². The average molecular weight is 285 g/mol. The van der Waals surface area contributed by atoms with Crippen molar-refractivity contribution in [2.75, 3.05) is 26.6 Å². The van der Waals surface area contributed by atoms with Gasteiger partial charge in [-0.3, -0.25) is 4.79 Å². The second kappa shape index (κ2) is 12.8. The number of aliphatic hydroxyl groups excluding tert-OH is 1. The largest absolute Gasteiger partial charge is 0.396 e. The molecule has 0 bridgehead atoms.